The monoisotopic (exact) mass is 366 g/mol. The molecule has 148 valence electrons. The molecule has 0 amide bonds. The van der Waals surface area contributed by atoms with Crippen LogP contribution in [0.1, 0.15) is 73.6 Å². The van der Waals surface area contributed by atoms with Gasteiger partial charge in [0.05, 0.1) is 5.92 Å². The lowest BCUT2D eigenvalue weighted by Crippen LogP contribution is -2.46. The summed E-state index contributed by atoms with van der Waals surface area (Å²) in [7, 11) is 0. The zero-order valence-electron chi connectivity index (χ0n) is 17.0. The smallest absolute Gasteiger partial charge is 0.190 e. The third-order valence-corrected chi connectivity index (χ3v) is 5.08. The average molecular weight is 366 g/mol. The van der Waals surface area contributed by atoms with E-state index in [4.69, 9.17) is 0 Å². The molecule has 0 radical (unpaired) electrons. The Kier molecular flexibility index (Phi) is 7.75. The topological polar surface area (TPSA) is 91.7 Å². The van der Waals surface area contributed by atoms with E-state index in [1.807, 2.05) is 13.8 Å². The maximum absolute atomic E-state index is 12.8. The first-order valence-corrected chi connectivity index (χ1v) is 9.72. The molecule has 0 aromatic carbocycles. The predicted octanol–water partition coefficient (Wildman–Crippen LogP) is 3.79. The van der Waals surface area contributed by atoms with Gasteiger partial charge in [0.15, 0.2) is 23.0 Å². The van der Waals surface area contributed by atoms with Crippen LogP contribution in [0.5, 0.6) is 0 Å². The lowest BCUT2D eigenvalue weighted by atomic mass is 9.79. The molecule has 1 aliphatic carbocycles. The molecule has 5 heteroatoms. The number of hydrogen-bond acceptors (Lipinski definition) is 5. The second-order valence-corrected chi connectivity index (χ2v) is 8.61. The normalized spacial score (nSPS) is 23.6. The highest BCUT2D eigenvalue weighted by Crippen LogP contribution is 2.42. The van der Waals surface area contributed by atoms with Crippen molar-refractivity contribution >= 4 is 17.3 Å². The van der Waals surface area contributed by atoms with Crippen molar-refractivity contribution in [3.05, 3.63) is 11.3 Å². The van der Waals surface area contributed by atoms with E-state index in [0.29, 0.717) is 18.8 Å². The molecule has 0 heterocycles. The molecule has 0 fully saturated rings. The van der Waals surface area contributed by atoms with E-state index in [2.05, 4.69) is 13.8 Å². The Balaban J connectivity index is 3.23. The number of allylic oxidation sites excluding steroid dienone is 1. The van der Waals surface area contributed by atoms with E-state index < -0.39 is 40.5 Å². The van der Waals surface area contributed by atoms with E-state index in [0.717, 1.165) is 6.42 Å². The summed E-state index contributed by atoms with van der Waals surface area (Å²) in [5.74, 6) is -3.31. The van der Waals surface area contributed by atoms with Crippen LogP contribution in [0.15, 0.2) is 11.3 Å². The third kappa shape index (κ3) is 4.61. The van der Waals surface area contributed by atoms with E-state index in [9.17, 15) is 24.6 Å². The number of carbonyl (C=O) groups excluding carboxylic acids is 3. The van der Waals surface area contributed by atoms with Crippen LogP contribution in [0.2, 0.25) is 0 Å². The standard InChI is InChI=1S/C21H34O5/c1-12(2)8-7-9-15-19(24)17(18(23)14(5)6)20(25)21(15,26)16(22)11-10-13(3)4/h12-15,25-26H,7-11H2,1-6H3/t15-,21-/m0/s1. The van der Waals surface area contributed by atoms with Crippen molar-refractivity contribution in [2.45, 2.75) is 79.2 Å². The van der Waals surface area contributed by atoms with E-state index in [-0.39, 0.29) is 24.3 Å². The molecule has 0 aromatic heterocycles. The molecule has 0 unspecified atom stereocenters. The summed E-state index contributed by atoms with van der Waals surface area (Å²) >= 11 is 0. The van der Waals surface area contributed by atoms with Crippen molar-refractivity contribution in [1.82, 2.24) is 0 Å². The van der Waals surface area contributed by atoms with Crippen LogP contribution in [0.4, 0.5) is 0 Å². The summed E-state index contributed by atoms with van der Waals surface area (Å²) in [4.78, 5) is 38.0. The van der Waals surface area contributed by atoms with Crippen LogP contribution in [0.3, 0.4) is 0 Å². The van der Waals surface area contributed by atoms with Gasteiger partial charge in [0.2, 0.25) is 0 Å². The van der Waals surface area contributed by atoms with E-state index >= 15 is 0 Å². The molecule has 0 aliphatic heterocycles. The van der Waals surface area contributed by atoms with Crippen LogP contribution >= 0.6 is 0 Å². The number of aliphatic hydroxyl groups excluding tert-OH is 1. The number of hydrogen-bond donors (Lipinski definition) is 2. The Morgan fingerprint density at radius 2 is 1.58 bits per heavy atom. The van der Waals surface area contributed by atoms with Crippen molar-refractivity contribution in [3.8, 4) is 0 Å². The largest absolute Gasteiger partial charge is 0.508 e. The fraction of sp³-hybridized carbons (Fsp3) is 0.762. The zero-order valence-corrected chi connectivity index (χ0v) is 17.0. The molecule has 1 rings (SSSR count). The highest BCUT2D eigenvalue weighted by Gasteiger charge is 2.58. The van der Waals surface area contributed by atoms with Gasteiger partial charge in [-0.3, -0.25) is 14.4 Å². The number of aliphatic hydroxyl groups is 2. The third-order valence-electron chi connectivity index (χ3n) is 5.08. The van der Waals surface area contributed by atoms with E-state index in [1.165, 1.54) is 0 Å². The minimum Gasteiger partial charge on any atom is -0.508 e. The molecular weight excluding hydrogens is 332 g/mol. The van der Waals surface area contributed by atoms with Crippen molar-refractivity contribution in [3.63, 3.8) is 0 Å². The molecule has 5 nitrogen and oxygen atoms in total. The molecule has 0 spiro atoms. The van der Waals surface area contributed by atoms with Crippen molar-refractivity contribution < 1.29 is 24.6 Å². The Morgan fingerprint density at radius 3 is 2.04 bits per heavy atom. The highest BCUT2D eigenvalue weighted by atomic mass is 16.3. The average Bonchev–Trinajstić information content (AvgIpc) is 2.72. The molecule has 0 saturated heterocycles. The second kappa shape index (κ2) is 8.94. The summed E-state index contributed by atoms with van der Waals surface area (Å²) in [6.45, 7) is 11.3. The molecule has 1 aliphatic rings. The van der Waals surface area contributed by atoms with Crippen LogP contribution in [-0.4, -0.2) is 33.2 Å². The van der Waals surface area contributed by atoms with Crippen LogP contribution in [0, 0.1) is 23.7 Å². The van der Waals surface area contributed by atoms with Gasteiger partial charge < -0.3 is 10.2 Å². The van der Waals surface area contributed by atoms with Gasteiger partial charge in [-0.2, -0.15) is 0 Å². The van der Waals surface area contributed by atoms with Crippen LogP contribution < -0.4 is 0 Å². The van der Waals surface area contributed by atoms with Gasteiger partial charge in [0.1, 0.15) is 11.3 Å². The Morgan fingerprint density at radius 1 is 1.04 bits per heavy atom. The van der Waals surface area contributed by atoms with Crippen molar-refractivity contribution in [2.24, 2.45) is 23.7 Å². The van der Waals surface area contributed by atoms with Crippen LogP contribution in [-0.2, 0) is 14.4 Å². The Labute approximate surface area is 156 Å². The first-order valence-electron chi connectivity index (χ1n) is 9.72. The quantitative estimate of drug-likeness (QED) is 0.574. The first kappa shape index (κ1) is 22.6. The van der Waals surface area contributed by atoms with Gasteiger partial charge in [-0.1, -0.05) is 54.4 Å². The van der Waals surface area contributed by atoms with Gasteiger partial charge in [-0.25, -0.2) is 0 Å². The minimum absolute atomic E-state index is 0.0648. The maximum Gasteiger partial charge on any atom is 0.190 e. The summed E-state index contributed by atoms with van der Waals surface area (Å²) in [6, 6.07) is 0. The van der Waals surface area contributed by atoms with Gasteiger partial charge in [0, 0.05) is 12.3 Å². The summed E-state index contributed by atoms with van der Waals surface area (Å²) in [5.41, 5.74) is -2.64. The Hall–Kier alpha value is -1.49. The number of rotatable bonds is 10. The Bertz CT molecular complexity index is 585. The van der Waals surface area contributed by atoms with Gasteiger partial charge in [-0.05, 0) is 24.7 Å². The number of ketones is 3. The van der Waals surface area contributed by atoms with Gasteiger partial charge in [0.25, 0.3) is 0 Å². The number of carbonyl (C=O) groups is 3. The fourth-order valence-electron chi connectivity index (χ4n) is 3.37. The predicted molar refractivity (Wildman–Crippen MR) is 101 cm³/mol. The summed E-state index contributed by atoms with van der Waals surface area (Å²) < 4.78 is 0. The first-order chi connectivity index (χ1) is 11.9. The highest BCUT2D eigenvalue weighted by molar-refractivity contribution is 6.26. The van der Waals surface area contributed by atoms with Crippen LogP contribution in [0.25, 0.3) is 0 Å². The molecule has 2 N–H and O–H groups in total. The molecule has 26 heavy (non-hydrogen) atoms. The lowest BCUT2D eigenvalue weighted by Gasteiger charge is -2.28. The van der Waals surface area contributed by atoms with E-state index in [1.54, 1.807) is 13.8 Å². The zero-order chi connectivity index (χ0) is 20.2. The maximum atomic E-state index is 12.8. The molecule has 0 saturated carbocycles. The van der Waals surface area contributed by atoms with Gasteiger partial charge >= 0.3 is 0 Å². The van der Waals surface area contributed by atoms with Crippen molar-refractivity contribution in [1.29, 1.82) is 0 Å². The molecule has 2 atom stereocenters. The van der Waals surface area contributed by atoms with Gasteiger partial charge in [-0.15, -0.1) is 0 Å². The lowest BCUT2D eigenvalue weighted by molar-refractivity contribution is -0.145. The van der Waals surface area contributed by atoms with Crippen molar-refractivity contribution in [2.75, 3.05) is 0 Å². The summed E-state index contributed by atoms with van der Waals surface area (Å²) in [5, 5.41) is 21.7. The SMILES string of the molecule is CC(C)CCC[C@H]1C(=O)C(C(=O)C(C)C)=C(O)[C@@]1(O)C(=O)CCC(C)C. The minimum atomic E-state index is -2.26. The summed E-state index contributed by atoms with van der Waals surface area (Å²) in [6.07, 6.45) is 2.38. The molecule has 0 bridgehead atoms. The molecule has 0 aromatic rings. The molecular formula is C21H34O5. The second-order valence-electron chi connectivity index (χ2n) is 8.61. The fourth-order valence-corrected chi connectivity index (χ4v) is 3.37. The number of Topliss-reactive ketones (excluding diaryl/α,β-unsaturated/α-hetero) is 3.